The van der Waals surface area contributed by atoms with E-state index in [2.05, 4.69) is 39.2 Å². The van der Waals surface area contributed by atoms with Crippen LogP contribution in [0.5, 0.6) is 0 Å². The fourth-order valence-electron chi connectivity index (χ4n) is 7.59. The molecule has 1 aromatic carbocycles. The molecule has 0 saturated carbocycles. The first-order valence-corrected chi connectivity index (χ1v) is 20.2. The minimum Gasteiger partial charge on any atom is -0.465 e. The van der Waals surface area contributed by atoms with Crippen molar-refractivity contribution >= 4 is 35.5 Å². The molecular weight excluding hydrogens is 715 g/mol. The molecule has 4 heterocycles. The first-order valence-electron chi connectivity index (χ1n) is 20.2. The molecule has 3 saturated heterocycles. The fraction of sp³-hybridized carbons (Fsp3) is 0.619. The van der Waals surface area contributed by atoms with Gasteiger partial charge >= 0.3 is 12.1 Å². The Hall–Kier alpha value is -4.56. The number of carbonyl (C=O) groups excluding carboxylic acids is 5. The van der Waals surface area contributed by atoms with Gasteiger partial charge in [-0.25, -0.2) is 9.78 Å². The summed E-state index contributed by atoms with van der Waals surface area (Å²) in [7, 11) is 1.76. The van der Waals surface area contributed by atoms with E-state index in [9.17, 15) is 24.0 Å². The lowest BCUT2D eigenvalue weighted by atomic mass is 9.96. The van der Waals surface area contributed by atoms with Crippen LogP contribution in [0, 0.1) is 11.8 Å². The van der Waals surface area contributed by atoms with Crippen LogP contribution in [0.25, 0.3) is 11.1 Å². The van der Waals surface area contributed by atoms with Crippen molar-refractivity contribution in [3.8, 4) is 11.1 Å². The summed E-state index contributed by atoms with van der Waals surface area (Å²) in [6.07, 6.45) is 4.90. The van der Waals surface area contributed by atoms with Gasteiger partial charge in [0.1, 0.15) is 12.1 Å². The van der Waals surface area contributed by atoms with E-state index >= 15 is 0 Å². The van der Waals surface area contributed by atoms with Crippen molar-refractivity contribution < 1.29 is 33.4 Å². The molecule has 2 aromatic rings. The van der Waals surface area contributed by atoms with Crippen LogP contribution in [0.15, 0.2) is 36.5 Å². The molecule has 0 bridgehead atoms. The van der Waals surface area contributed by atoms with Crippen LogP contribution in [0.2, 0.25) is 0 Å². The number of aromatic nitrogens is 1. The second kappa shape index (κ2) is 19.5. The van der Waals surface area contributed by atoms with Gasteiger partial charge in [0.15, 0.2) is 5.69 Å². The number of anilines is 1. The van der Waals surface area contributed by atoms with E-state index in [1.165, 1.54) is 4.90 Å². The summed E-state index contributed by atoms with van der Waals surface area (Å²) in [6.45, 7) is 15.6. The zero-order chi connectivity index (χ0) is 40.4. The summed E-state index contributed by atoms with van der Waals surface area (Å²) < 4.78 is 10.8. The van der Waals surface area contributed by atoms with Crippen molar-refractivity contribution in [2.45, 2.75) is 72.3 Å². The number of carbonyl (C=O) groups is 5. The molecular formula is C42H61N7O7. The number of amides is 4. The summed E-state index contributed by atoms with van der Waals surface area (Å²) in [6, 6.07) is 9.85. The smallest absolute Gasteiger partial charge is 0.410 e. The Kier molecular flexibility index (Phi) is 14.9. The third kappa shape index (κ3) is 12.2. The standard InChI is InChI=1S/C42H61N7O7/c1-7-30-10-9-11-33(22-30)34-24-35(44-36(50)28-49(41(54)56-42(3,4)5)27-32-12-15-45(6)37(51)23-32)39(43-25-34)40(53)48-20-18-47(19-21-48)26-31-13-16-46(17-14-31)29-38(52)55-8-2/h9-11,22,24-25,31-32H,7-8,12-21,23,26-29H2,1-6H3,(H,44,50). The predicted octanol–water partition coefficient (Wildman–Crippen LogP) is 4.39. The number of ether oxygens (including phenoxy) is 2. The molecule has 306 valence electrons. The van der Waals surface area contributed by atoms with Crippen LogP contribution in [-0.2, 0) is 30.3 Å². The largest absolute Gasteiger partial charge is 0.465 e. The van der Waals surface area contributed by atoms with Crippen LogP contribution in [0.3, 0.4) is 0 Å². The van der Waals surface area contributed by atoms with Crippen molar-refractivity contribution in [3.63, 3.8) is 0 Å². The molecule has 1 unspecified atom stereocenters. The number of rotatable bonds is 13. The van der Waals surface area contributed by atoms with Crippen molar-refractivity contribution in [2.24, 2.45) is 11.8 Å². The lowest BCUT2D eigenvalue weighted by Gasteiger charge is -2.38. The van der Waals surface area contributed by atoms with E-state index < -0.39 is 17.6 Å². The summed E-state index contributed by atoms with van der Waals surface area (Å²) >= 11 is 0. The van der Waals surface area contributed by atoms with E-state index in [1.54, 1.807) is 49.9 Å². The molecule has 1 atom stereocenters. The molecule has 5 rings (SSSR count). The number of esters is 1. The number of piperidine rings is 2. The highest BCUT2D eigenvalue weighted by molar-refractivity contribution is 6.04. The SMILES string of the molecule is CCOC(=O)CN1CCC(CN2CCN(C(=O)c3ncc(-c4cccc(CC)c4)cc3NC(=O)CN(CC3CCN(C)C(=O)C3)C(=O)OC(C)(C)C)CC2)CC1. The van der Waals surface area contributed by atoms with Gasteiger partial charge in [0.25, 0.3) is 5.91 Å². The lowest BCUT2D eigenvalue weighted by molar-refractivity contribution is -0.144. The Morgan fingerprint density at radius 3 is 2.29 bits per heavy atom. The summed E-state index contributed by atoms with van der Waals surface area (Å²) in [5.41, 5.74) is 2.43. The zero-order valence-electron chi connectivity index (χ0n) is 34.2. The van der Waals surface area contributed by atoms with E-state index in [-0.39, 0.29) is 54.6 Å². The third-order valence-electron chi connectivity index (χ3n) is 10.8. The molecule has 3 aliphatic rings. The molecule has 14 nitrogen and oxygen atoms in total. The van der Waals surface area contributed by atoms with Crippen LogP contribution in [0.1, 0.15) is 76.4 Å². The van der Waals surface area contributed by atoms with Crippen molar-refractivity contribution in [2.75, 3.05) is 91.0 Å². The predicted molar refractivity (Wildman–Crippen MR) is 214 cm³/mol. The maximum atomic E-state index is 14.2. The number of nitrogens with zero attached hydrogens (tertiary/aromatic N) is 6. The summed E-state index contributed by atoms with van der Waals surface area (Å²) in [5.74, 6) is -0.526. The van der Waals surface area contributed by atoms with Gasteiger partial charge in [-0.3, -0.25) is 33.9 Å². The van der Waals surface area contributed by atoms with Crippen molar-refractivity contribution in [3.05, 3.63) is 47.8 Å². The Morgan fingerprint density at radius 2 is 1.62 bits per heavy atom. The van der Waals surface area contributed by atoms with Gasteiger partial charge in [-0.15, -0.1) is 0 Å². The highest BCUT2D eigenvalue weighted by Crippen LogP contribution is 2.28. The minimum atomic E-state index is -0.785. The average Bonchev–Trinajstić information content (AvgIpc) is 3.16. The molecule has 1 N–H and O–H groups in total. The monoisotopic (exact) mass is 775 g/mol. The lowest BCUT2D eigenvalue weighted by Crippen LogP contribution is -2.51. The number of hydrogen-bond acceptors (Lipinski definition) is 10. The van der Waals surface area contributed by atoms with Gasteiger partial charge in [-0.1, -0.05) is 31.2 Å². The van der Waals surface area contributed by atoms with Gasteiger partial charge in [0.2, 0.25) is 11.8 Å². The van der Waals surface area contributed by atoms with Crippen LogP contribution in [-0.4, -0.2) is 151 Å². The Bertz CT molecular complexity index is 1700. The second-order valence-electron chi connectivity index (χ2n) is 16.4. The number of benzene rings is 1. The number of aryl methyl sites for hydroxylation is 1. The molecule has 3 aliphatic heterocycles. The van der Waals surface area contributed by atoms with E-state index in [0.717, 1.165) is 68.7 Å². The van der Waals surface area contributed by atoms with Gasteiger partial charge in [0, 0.05) is 71.0 Å². The summed E-state index contributed by atoms with van der Waals surface area (Å²) in [5, 5.41) is 2.94. The first kappa shape index (κ1) is 42.6. The topological polar surface area (TPSA) is 145 Å². The van der Waals surface area contributed by atoms with E-state index in [0.29, 0.717) is 45.1 Å². The highest BCUT2D eigenvalue weighted by atomic mass is 16.6. The Labute approximate surface area is 331 Å². The van der Waals surface area contributed by atoms with Gasteiger partial charge in [-0.2, -0.15) is 0 Å². The van der Waals surface area contributed by atoms with E-state index in [4.69, 9.17) is 9.47 Å². The minimum absolute atomic E-state index is 0.00186. The van der Waals surface area contributed by atoms with Crippen LogP contribution < -0.4 is 5.32 Å². The van der Waals surface area contributed by atoms with Gasteiger partial charge < -0.3 is 24.6 Å². The molecule has 14 heteroatoms. The number of hydrogen-bond donors (Lipinski definition) is 1. The molecule has 1 aromatic heterocycles. The normalized spacial score (nSPS) is 18.8. The Balaban J connectivity index is 1.28. The highest BCUT2D eigenvalue weighted by Gasteiger charge is 2.32. The molecule has 0 aliphatic carbocycles. The Morgan fingerprint density at radius 1 is 0.911 bits per heavy atom. The molecule has 0 spiro atoms. The average molecular weight is 776 g/mol. The first-order chi connectivity index (χ1) is 26.7. The maximum Gasteiger partial charge on any atom is 0.410 e. The quantitative estimate of drug-likeness (QED) is 0.291. The molecule has 4 amide bonds. The van der Waals surface area contributed by atoms with Crippen molar-refractivity contribution in [1.29, 1.82) is 0 Å². The van der Waals surface area contributed by atoms with E-state index in [1.807, 2.05) is 19.1 Å². The maximum absolute atomic E-state index is 14.2. The zero-order valence-corrected chi connectivity index (χ0v) is 34.2. The number of likely N-dealkylation sites (tertiary alicyclic amines) is 2. The number of pyridine rings is 1. The third-order valence-corrected chi connectivity index (χ3v) is 10.8. The second-order valence-corrected chi connectivity index (χ2v) is 16.4. The number of nitrogens with one attached hydrogen (secondary N) is 1. The van der Waals surface area contributed by atoms with Gasteiger partial charge in [0.05, 0.1) is 18.8 Å². The van der Waals surface area contributed by atoms with Crippen LogP contribution in [0.4, 0.5) is 10.5 Å². The fourth-order valence-corrected chi connectivity index (χ4v) is 7.59. The summed E-state index contributed by atoms with van der Waals surface area (Å²) in [4.78, 5) is 79.9. The molecule has 0 radical (unpaired) electrons. The number of piperazine rings is 1. The molecule has 56 heavy (non-hydrogen) atoms. The molecule has 3 fully saturated rings. The van der Waals surface area contributed by atoms with Crippen molar-refractivity contribution in [1.82, 2.24) is 29.5 Å². The van der Waals surface area contributed by atoms with Gasteiger partial charge in [-0.05, 0) is 95.5 Å². The van der Waals surface area contributed by atoms with Crippen LogP contribution >= 0.6 is 0 Å².